The molecule has 2 heterocycles. The van der Waals surface area contributed by atoms with Crippen molar-refractivity contribution in [3.8, 4) is 5.75 Å². The molecule has 1 aliphatic heterocycles. The van der Waals surface area contributed by atoms with Gasteiger partial charge in [0.15, 0.2) is 0 Å². The molecule has 2 aromatic rings. The molecule has 1 aromatic carbocycles. The zero-order valence-electron chi connectivity index (χ0n) is 14.9. The summed E-state index contributed by atoms with van der Waals surface area (Å²) < 4.78 is 5.25. The summed E-state index contributed by atoms with van der Waals surface area (Å²) in [6.45, 7) is 5.45. The molecule has 1 saturated heterocycles. The summed E-state index contributed by atoms with van der Waals surface area (Å²) in [7, 11) is 1.70. The van der Waals surface area contributed by atoms with Gasteiger partial charge < -0.3 is 14.5 Å². The smallest absolute Gasteiger partial charge is 0.128 e. The van der Waals surface area contributed by atoms with Crippen molar-refractivity contribution in [2.75, 3.05) is 38.2 Å². The molecule has 0 saturated carbocycles. The Hall–Kier alpha value is -1.78. The van der Waals surface area contributed by atoms with E-state index in [4.69, 9.17) is 4.74 Å². The molecule has 0 atom stereocenters. The van der Waals surface area contributed by atoms with E-state index in [0.717, 1.165) is 31.2 Å². The second-order valence-electron chi connectivity index (χ2n) is 6.36. The maximum atomic E-state index is 5.25. The molecule has 5 heteroatoms. The number of piperidine rings is 1. The van der Waals surface area contributed by atoms with E-state index >= 15 is 0 Å². The molecule has 0 bridgehead atoms. The number of hydrogen-bond donors (Lipinski definition) is 0. The van der Waals surface area contributed by atoms with Crippen molar-refractivity contribution in [3.63, 3.8) is 0 Å². The van der Waals surface area contributed by atoms with E-state index in [1.165, 1.54) is 37.9 Å². The third kappa shape index (κ3) is 5.91. The molecule has 136 valence electrons. The fourth-order valence-electron chi connectivity index (χ4n) is 3.21. The third-order valence-electron chi connectivity index (χ3n) is 4.64. The lowest BCUT2D eigenvalue weighted by Crippen LogP contribution is -2.38. The summed E-state index contributed by atoms with van der Waals surface area (Å²) in [6, 6.07) is 14.4. The number of benzene rings is 1. The second-order valence-corrected chi connectivity index (χ2v) is 6.36. The lowest BCUT2D eigenvalue weighted by atomic mass is 10.1. The van der Waals surface area contributed by atoms with Gasteiger partial charge in [0.25, 0.3) is 0 Å². The summed E-state index contributed by atoms with van der Waals surface area (Å²) in [5.41, 5.74) is 1.28. The summed E-state index contributed by atoms with van der Waals surface area (Å²) in [4.78, 5) is 9.50. The Labute approximate surface area is 157 Å². The number of ether oxygens (including phenoxy) is 1. The van der Waals surface area contributed by atoms with Crippen LogP contribution in [0.4, 0.5) is 5.82 Å². The van der Waals surface area contributed by atoms with Crippen molar-refractivity contribution in [3.05, 3.63) is 54.2 Å². The Bertz CT molecular complexity index is 600. The van der Waals surface area contributed by atoms with Gasteiger partial charge in [-0.05, 0) is 55.8 Å². The van der Waals surface area contributed by atoms with Gasteiger partial charge in [0.1, 0.15) is 11.6 Å². The first kappa shape index (κ1) is 19.5. The monoisotopic (exact) mass is 361 g/mol. The molecule has 0 radical (unpaired) electrons. The Balaban J connectivity index is 0.00000225. The SMILES string of the molecule is COc1ccc(CN(CCN2CCCCC2)c2ccccn2)cc1.Cl. The molecule has 0 amide bonds. The predicted molar refractivity (Wildman–Crippen MR) is 106 cm³/mol. The first-order valence-corrected chi connectivity index (χ1v) is 8.86. The Morgan fingerprint density at radius 1 is 1.04 bits per heavy atom. The van der Waals surface area contributed by atoms with Crippen LogP contribution in [-0.2, 0) is 6.54 Å². The zero-order chi connectivity index (χ0) is 16.6. The maximum Gasteiger partial charge on any atom is 0.128 e. The molecule has 1 aliphatic rings. The highest BCUT2D eigenvalue weighted by Crippen LogP contribution is 2.17. The Morgan fingerprint density at radius 3 is 2.44 bits per heavy atom. The highest BCUT2D eigenvalue weighted by Gasteiger charge is 2.13. The number of nitrogens with zero attached hydrogens (tertiary/aromatic N) is 3. The summed E-state index contributed by atoms with van der Waals surface area (Å²) in [5, 5.41) is 0. The van der Waals surface area contributed by atoms with Crippen LogP contribution < -0.4 is 9.64 Å². The molecule has 1 fully saturated rings. The maximum absolute atomic E-state index is 5.25. The van der Waals surface area contributed by atoms with Crippen LogP contribution in [-0.4, -0.2) is 43.2 Å². The minimum absolute atomic E-state index is 0. The van der Waals surface area contributed by atoms with Crippen LogP contribution >= 0.6 is 12.4 Å². The van der Waals surface area contributed by atoms with Gasteiger partial charge in [-0.3, -0.25) is 0 Å². The van der Waals surface area contributed by atoms with E-state index in [0.29, 0.717) is 0 Å². The number of pyridine rings is 1. The van der Waals surface area contributed by atoms with E-state index < -0.39 is 0 Å². The van der Waals surface area contributed by atoms with Crippen molar-refractivity contribution in [2.45, 2.75) is 25.8 Å². The average Bonchev–Trinajstić information content (AvgIpc) is 2.67. The van der Waals surface area contributed by atoms with Crippen LogP contribution in [0, 0.1) is 0 Å². The minimum atomic E-state index is 0. The van der Waals surface area contributed by atoms with Crippen LogP contribution in [0.15, 0.2) is 48.7 Å². The second kappa shape index (κ2) is 10.3. The van der Waals surface area contributed by atoms with Crippen molar-refractivity contribution in [1.82, 2.24) is 9.88 Å². The zero-order valence-corrected chi connectivity index (χ0v) is 15.8. The van der Waals surface area contributed by atoms with Crippen LogP contribution in [0.2, 0.25) is 0 Å². The molecular formula is C20H28ClN3O. The van der Waals surface area contributed by atoms with Crippen molar-refractivity contribution in [1.29, 1.82) is 0 Å². The normalized spacial score (nSPS) is 14.6. The molecule has 0 aliphatic carbocycles. The van der Waals surface area contributed by atoms with Gasteiger partial charge in [0.2, 0.25) is 0 Å². The van der Waals surface area contributed by atoms with Gasteiger partial charge in [-0.2, -0.15) is 0 Å². The minimum Gasteiger partial charge on any atom is -0.497 e. The number of methoxy groups -OCH3 is 1. The highest BCUT2D eigenvalue weighted by molar-refractivity contribution is 5.85. The van der Waals surface area contributed by atoms with E-state index in [-0.39, 0.29) is 12.4 Å². The quantitative estimate of drug-likeness (QED) is 0.745. The molecule has 3 rings (SSSR count). The van der Waals surface area contributed by atoms with E-state index in [9.17, 15) is 0 Å². The van der Waals surface area contributed by atoms with Crippen LogP contribution in [0.3, 0.4) is 0 Å². The first-order chi connectivity index (χ1) is 11.8. The van der Waals surface area contributed by atoms with Crippen molar-refractivity contribution in [2.24, 2.45) is 0 Å². The number of hydrogen-bond acceptors (Lipinski definition) is 4. The van der Waals surface area contributed by atoms with Gasteiger partial charge in [-0.15, -0.1) is 12.4 Å². The molecule has 25 heavy (non-hydrogen) atoms. The first-order valence-electron chi connectivity index (χ1n) is 8.86. The average molecular weight is 362 g/mol. The number of rotatable bonds is 7. The number of anilines is 1. The predicted octanol–water partition coefficient (Wildman–Crippen LogP) is 4.00. The van der Waals surface area contributed by atoms with Crippen molar-refractivity contribution >= 4 is 18.2 Å². The van der Waals surface area contributed by atoms with E-state index in [1.54, 1.807) is 7.11 Å². The van der Waals surface area contributed by atoms with Gasteiger partial charge >= 0.3 is 0 Å². The molecule has 4 nitrogen and oxygen atoms in total. The lowest BCUT2D eigenvalue weighted by Gasteiger charge is -2.30. The molecule has 1 aromatic heterocycles. The lowest BCUT2D eigenvalue weighted by molar-refractivity contribution is 0.233. The highest BCUT2D eigenvalue weighted by atomic mass is 35.5. The van der Waals surface area contributed by atoms with E-state index in [2.05, 4.69) is 39.0 Å². The summed E-state index contributed by atoms with van der Waals surface area (Å²) >= 11 is 0. The van der Waals surface area contributed by atoms with Crippen LogP contribution in [0.1, 0.15) is 24.8 Å². The van der Waals surface area contributed by atoms with Gasteiger partial charge in [-0.25, -0.2) is 4.98 Å². The number of halogens is 1. The fourth-order valence-corrected chi connectivity index (χ4v) is 3.21. The van der Waals surface area contributed by atoms with E-state index in [1.807, 2.05) is 24.4 Å². The van der Waals surface area contributed by atoms with Gasteiger partial charge in [0.05, 0.1) is 7.11 Å². The number of aromatic nitrogens is 1. The van der Waals surface area contributed by atoms with Gasteiger partial charge in [0, 0.05) is 25.8 Å². The number of likely N-dealkylation sites (tertiary alicyclic amines) is 1. The van der Waals surface area contributed by atoms with Gasteiger partial charge in [-0.1, -0.05) is 24.6 Å². The van der Waals surface area contributed by atoms with Crippen LogP contribution in [0.5, 0.6) is 5.75 Å². The Morgan fingerprint density at radius 2 is 1.80 bits per heavy atom. The molecule has 0 unspecified atom stereocenters. The summed E-state index contributed by atoms with van der Waals surface area (Å²) in [6.07, 6.45) is 5.92. The van der Waals surface area contributed by atoms with Crippen LogP contribution in [0.25, 0.3) is 0 Å². The summed E-state index contributed by atoms with van der Waals surface area (Å²) in [5.74, 6) is 1.95. The molecular weight excluding hydrogens is 334 g/mol. The topological polar surface area (TPSA) is 28.6 Å². The fraction of sp³-hybridized carbons (Fsp3) is 0.450. The third-order valence-corrected chi connectivity index (χ3v) is 4.64. The van der Waals surface area contributed by atoms with Crippen molar-refractivity contribution < 1.29 is 4.74 Å². The molecule has 0 N–H and O–H groups in total. The largest absolute Gasteiger partial charge is 0.497 e. The standard InChI is InChI=1S/C20H27N3O.ClH/c1-24-19-10-8-18(9-11-19)17-23(20-7-3-4-12-21-20)16-15-22-13-5-2-6-14-22;/h3-4,7-12H,2,5-6,13-17H2,1H3;1H. The molecule has 0 spiro atoms. The Kier molecular flexibility index (Phi) is 8.02.